The lowest BCUT2D eigenvalue weighted by Gasteiger charge is -2.10. The smallest absolute Gasteiger partial charge is 0.274 e. The van der Waals surface area contributed by atoms with Gasteiger partial charge in [-0.3, -0.25) is 14.6 Å². The van der Waals surface area contributed by atoms with E-state index in [1.807, 2.05) is 6.07 Å². The number of nitrogens with zero attached hydrogens (tertiary/aromatic N) is 3. The van der Waals surface area contributed by atoms with Crippen LogP contribution in [0.25, 0.3) is 10.2 Å². The topological polar surface area (TPSA) is 55.3 Å². The molecule has 6 heteroatoms. The normalized spacial score (nSPS) is 10.5. The van der Waals surface area contributed by atoms with Crippen molar-refractivity contribution < 1.29 is 9.63 Å². The van der Waals surface area contributed by atoms with Crippen LogP contribution < -0.4 is 0 Å². The van der Waals surface area contributed by atoms with Gasteiger partial charge in [0.15, 0.2) is 5.01 Å². The summed E-state index contributed by atoms with van der Waals surface area (Å²) in [6.45, 7) is 0. The maximum Gasteiger partial charge on any atom is 0.306 e. The van der Waals surface area contributed by atoms with Gasteiger partial charge in [0.2, 0.25) is 0 Å². The molecule has 0 saturated heterocycles. The van der Waals surface area contributed by atoms with Crippen LogP contribution in [-0.4, -0.2) is 35.1 Å². The number of amides is 1. The van der Waals surface area contributed by atoms with E-state index in [1.165, 1.54) is 18.4 Å². The Bertz CT molecular complexity index is 464. The molecule has 15 heavy (non-hydrogen) atoms. The van der Waals surface area contributed by atoms with Crippen LogP contribution in [-0.2, 0) is 4.84 Å². The summed E-state index contributed by atoms with van der Waals surface area (Å²) in [6.07, 6.45) is 3.31. The van der Waals surface area contributed by atoms with E-state index in [2.05, 4.69) is 9.97 Å². The molecule has 0 aliphatic heterocycles. The summed E-state index contributed by atoms with van der Waals surface area (Å²) in [4.78, 5) is 24.6. The summed E-state index contributed by atoms with van der Waals surface area (Å²) in [7, 11) is 2.99. The fraction of sp³-hybridized carbons (Fsp3) is 0.222. The Kier molecular flexibility index (Phi) is 2.61. The highest BCUT2D eigenvalue weighted by atomic mass is 32.1. The summed E-state index contributed by atoms with van der Waals surface area (Å²) < 4.78 is 0.942. The van der Waals surface area contributed by atoms with E-state index in [4.69, 9.17) is 4.84 Å². The molecule has 0 atom stereocenters. The van der Waals surface area contributed by atoms with Crippen LogP contribution in [0.15, 0.2) is 18.5 Å². The van der Waals surface area contributed by atoms with Crippen molar-refractivity contribution in [3.8, 4) is 0 Å². The number of carbonyl (C=O) groups excluding carboxylic acids is 1. The molecule has 2 heterocycles. The van der Waals surface area contributed by atoms with Crippen molar-refractivity contribution in [2.45, 2.75) is 0 Å². The largest absolute Gasteiger partial charge is 0.306 e. The van der Waals surface area contributed by atoms with Gasteiger partial charge >= 0.3 is 5.91 Å². The molecule has 0 unspecified atom stereocenters. The van der Waals surface area contributed by atoms with Crippen molar-refractivity contribution in [3.63, 3.8) is 0 Å². The second-order valence-corrected chi connectivity index (χ2v) is 3.88. The quantitative estimate of drug-likeness (QED) is 0.721. The first-order valence-electron chi connectivity index (χ1n) is 4.25. The first kappa shape index (κ1) is 10.0. The monoisotopic (exact) mass is 223 g/mol. The van der Waals surface area contributed by atoms with Gasteiger partial charge in [-0.1, -0.05) is 0 Å². The molecule has 5 nitrogen and oxygen atoms in total. The summed E-state index contributed by atoms with van der Waals surface area (Å²) in [5, 5.41) is 1.55. The molecule has 0 saturated carbocycles. The van der Waals surface area contributed by atoms with Gasteiger partial charge in [0.1, 0.15) is 5.52 Å². The van der Waals surface area contributed by atoms with Gasteiger partial charge in [0.05, 0.1) is 18.0 Å². The SMILES string of the molecule is CON(C)C(=O)c1nc2cnccc2s1. The molecule has 78 valence electrons. The fourth-order valence-corrected chi connectivity index (χ4v) is 1.99. The molecule has 0 fully saturated rings. The van der Waals surface area contributed by atoms with Gasteiger partial charge < -0.3 is 0 Å². The second kappa shape index (κ2) is 3.92. The maximum atomic E-state index is 11.7. The van der Waals surface area contributed by atoms with Crippen LogP contribution in [0.2, 0.25) is 0 Å². The Labute approximate surface area is 90.3 Å². The molecule has 0 aromatic carbocycles. The zero-order chi connectivity index (χ0) is 10.8. The Balaban J connectivity index is 2.41. The predicted octanol–water partition coefficient (Wildman–Crippen LogP) is 1.32. The summed E-state index contributed by atoms with van der Waals surface area (Å²) >= 11 is 1.33. The highest BCUT2D eigenvalue weighted by Gasteiger charge is 2.16. The van der Waals surface area contributed by atoms with Gasteiger partial charge in [0.25, 0.3) is 0 Å². The average Bonchev–Trinajstić information content (AvgIpc) is 2.70. The minimum absolute atomic E-state index is 0.251. The molecule has 0 aliphatic rings. The van der Waals surface area contributed by atoms with Crippen LogP contribution in [0, 0.1) is 0 Å². The number of hydroxylamine groups is 2. The number of pyridine rings is 1. The zero-order valence-corrected chi connectivity index (χ0v) is 9.11. The lowest BCUT2D eigenvalue weighted by molar-refractivity contribution is -0.0756. The Morgan fingerprint density at radius 2 is 2.40 bits per heavy atom. The Hall–Kier alpha value is -1.53. The molecule has 0 radical (unpaired) electrons. The van der Waals surface area contributed by atoms with Crippen molar-refractivity contribution in [3.05, 3.63) is 23.5 Å². The van der Waals surface area contributed by atoms with E-state index in [0.29, 0.717) is 5.01 Å². The Morgan fingerprint density at radius 1 is 1.60 bits per heavy atom. The lowest BCUT2D eigenvalue weighted by atomic mass is 10.4. The van der Waals surface area contributed by atoms with E-state index >= 15 is 0 Å². The molecular weight excluding hydrogens is 214 g/mol. The molecule has 0 spiro atoms. The summed E-state index contributed by atoms with van der Waals surface area (Å²) in [6, 6.07) is 1.83. The number of thiazole rings is 1. The van der Waals surface area contributed by atoms with Crippen molar-refractivity contribution in [2.24, 2.45) is 0 Å². The predicted molar refractivity (Wildman–Crippen MR) is 56.5 cm³/mol. The van der Waals surface area contributed by atoms with Crippen molar-refractivity contribution >= 4 is 27.5 Å². The van der Waals surface area contributed by atoms with Crippen LogP contribution in [0.5, 0.6) is 0 Å². The van der Waals surface area contributed by atoms with E-state index < -0.39 is 0 Å². The van der Waals surface area contributed by atoms with E-state index in [1.54, 1.807) is 19.4 Å². The molecule has 2 aromatic heterocycles. The third-order valence-corrected chi connectivity index (χ3v) is 2.96. The van der Waals surface area contributed by atoms with Crippen molar-refractivity contribution in [2.75, 3.05) is 14.2 Å². The molecular formula is C9H9N3O2S. The van der Waals surface area contributed by atoms with Gasteiger partial charge in [-0.25, -0.2) is 10.0 Å². The highest BCUT2D eigenvalue weighted by Crippen LogP contribution is 2.21. The van der Waals surface area contributed by atoms with Gasteiger partial charge in [-0.15, -0.1) is 11.3 Å². The van der Waals surface area contributed by atoms with Gasteiger partial charge in [0, 0.05) is 13.2 Å². The summed E-state index contributed by atoms with van der Waals surface area (Å²) in [5.41, 5.74) is 0.732. The maximum absolute atomic E-state index is 11.7. The fourth-order valence-electron chi connectivity index (χ4n) is 1.09. The molecule has 1 amide bonds. The first-order valence-corrected chi connectivity index (χ1v) is 5.06. The van der Waals surface area contributed by atoms with Crippen molar-refractivity contribution in [1.29, 1.82) is 0 Å². The minimum Gasteiger partial charge on any atom is -0.274 e. The lowest BCUT2D eigenvalue weighted by Crippen LogP contribution is -2.25. The van der Waals surface area contributed by atoms with Gasteiger partial charge in [-0.2, -0.15) is 0 Å². The third kappa shape index (κ3) is 1.81. The molecule has 2 rings (SSSR count). The van der Waals surface area contributed by atoms with Crippen LogP contribution in [0.3, 0.4) is 0 Å². The van der Waals surface area contributed by atoms with Crippen LogP contribution in [0.4, 0.5) is 0 Å². The minimum atomic E-state index is -0.251. The highest BCUT2D eigenvalue weighted by molar-refractivity contribution is 7.20. The van der Waals surface area contributed by atoms with E-state index in [-0.39, 0.29) is 5.91 Å². The first-order chi connectivity index (χ1) is 7.22. The number of fused-ring (bicyclic) bond motifs is 1. The number of rotatable bonds is 2. The number of hydrogen-bond acceptors (Lipinski definition) is 5. The van der Waals surface area contributed by atoms with Crippen molar-refractivity contribution in [1.82, 2.24) is 15.0 Å². The van der Waals surface area contributed by atoms with E-state index in [0.717, 1.165) is 15.3 Å². The number of hydrogen-bond donors (Lipinski definition) is 0. The Morgan fingerprint density at radius 3 is 3.07 bits per heavy atom. The average molecular weight is 223 g/mol. The number of carbonyl (C=O) groups is 1. The van der Waals surface area contributed by atoms with E-state index in [9.17, 15) is 4.79 Å². The van der Waals surface area contributed by atoms with Crippen LogP contribution in [0.1, 0.15) is 9.80 Å². The molecule has 0 bridgehead atoms. The molecule has 0 aliphatic carbocycles. The standard InChI is InChI=1S/C9H9N3O2S/c1-12(14-2)9(13)8-11-6-5-10-4-3-7(6)15-8/h3-5H,1-2H3. The second-order valence-electron chi connectivity index (χ2n) is 2.85. The van der Waals surface area contributed by atoms with Crippen LogP contribution >= 0.6 is 11.3 Å². The summed E-state index contributed by atoms with van der Waals surface area (Å²) in [5.74, 6) is -0.251. The number of aromatic nitrogens is 2. The molecule has 2 aromatic rings. The zero-order valence-electron chi connectivity index (χ0n) is 8.30. The third-order valence-electron chi connectivity index (χ3n) is 1.93. The van der Waals surface area contributed by atoms with Gasteiger partial charge in [-0.05, 0) is 6.07 Å². The molecule has 0 N–H and O–H groups in total.